The predicted molar refractivity (Wildman–Crippen MR) is 98.5 cm³/mol. The molecular formula is C18H15FN4O3S. The van der Waals surface area contributed by atoms with E-state index < -0.39 is 5.82 Å². The normalized spacial score (nSPS) is 19.6. The Morgan fingerprint density at radius 1 is 1.30 bits per heavy atom. The van der Waals surface area contributed by atoms with Gasteiger partial charge in [0.15, 0.2) is 5.82 Å². The number of carbonyl (C=O) groups is 1. The van der Waals surface area contributed by atoms with E-state index >= 15 is 0 Å². The second kappa shape index (κ2) is 6.12. The Labute approximate surface area is 156 Å². The van der Waals surface area contributed by atoms with Crippen molar-refractivity contribution in [2.24, 2.45) is 11.0 Å². The summed E-state index contributed by atoms with van der Waals surface area (Å²) in [5, 5.41) is 9.39. The molecule has 3 heterocycles. The average molecular weight is 386 g/mol. The summed E-state index contributed by atoms with van der Waals surface area (Å²) >= 11 is 0.957. The van der Waals surface area contributed by atoms with Crippen LogP contribution in [0.4, 0.5) is 10.1 Å². The van der Waals surface area contributed by atoms with Crippen LogP contribution in [0.25, 0.3) is 10.2 Å². The van der Waals surface area contributed by atoms with Gasteiger partial charge in [0, 0.05) is 6.07 Å². The molecule has 138 valence electrons. The minimum absolute atomic E-state index is 0.0844. The van der Waals surface area contributed by atoms with Crippen molar-refractivity contribution in [3.8, 4) is 0 Å². The van der Waals surface area contributed by atoms with Crippen LogP contribution in [0.3, 0.4) is 0 Å². The minimum Gasteiger partial charge on any atom is -0.364 e. The predicted octanol–water partition coefficient (Wildman–Crippen LogP) is 3.13. The van der Waals surface area contributed by atoms with E-state index in [1.165, 1.54) is 28.0 Å². The maximum absolute atomic E-state index is 14.7. The summed E-state index contributed by atoms with van der Waals surface area (Å²) in [5.74, 6) is -0.995. The number of halogens is 1. The molecule has 0 bridgehead atoms. The SMILES string of the molecule is O=C1C2CCCCC2=NN1c1cc2c(cc1F)sc(=O)n2Cc1ccon1. The lowest BCUT2D eigenvalue weighted by atomic mass is 9.87. The fourth-order valence-corrected chi connectivity index (χ4v) is 4.64. The largest absolute Gasteiger partial charge is 0.364 e. The fourth-order valence-electron chi connectivity index (χ4n) is 3.74. The first kappa shape index (κ1) is 16.4. The highest BCUT2D eigenvalue weighted by Gasteiger charge is 2.38. The summed E-state index contributed by atoms with van der Waals surface area (Å²) in [7, 11) is 0. The molecule has 1 unspecified atom stereocenters. The van der Waals surface area contributed by atoms with Crippen molar-refractivity contribution in [1.29, 1.82) is 0 Å². The van der Waals surface area contributed by atoms with Gasteiger partial charge in [0.2, 0.25) is 0 Å². The summed E-state index contributed by atoms with van der Waals surface area (Å²) in [6.45, 7) is 0.214. The monoisotopic (exact) mass is 386 g/mol. The lowest BCUT2D eigenvalue weighted by molar-refractivity contribution is -0.120. The molecule has 9 heteroatoms. The van der Waals surface area contributed by atoms with Gasteiger partial charge in [0.25, 0.3) is 5.91 Å². The van der Waals surface area contributed by atoms with Crippen LogP contribution in [0.5, 0.6) is 0 Å². The first-order valence-electron chi connectivity index (χ1n) is 8.75. The number of hydrazone groups is 1. The molecule has 1 aliphatic heterocycles. The van der Waals surface area contributed by atoms with Crippen LogP contribution >= 0.6 is 11.3 Å². The van der Waals surface area contributed by atoms with Crippen LogP contribution in [-0.4, -0.2) is 21.3 Å². The number of hydrogen-bond acceptors (Lipinski definition) is 6. The third kappa shape index (κ3) is 2.61. The van der Waals surface area contributed by atoms with Gasteiger partial charge in [-0.25, -0.2) is 4.39 Å². The van der Waals surface area contributed by atoms with E-state index in [9.17, 15) is 14.0 Å². The molecular weight excluding hydrogens is 371 g/mol. The fraction of sp³-hybridized carbons (Fsp3) is 0.333. The zero-order valence-electron chi connectivity index (χ0n) is 14.2. The smallest absolute Gasteiger partial charge is 0.308 e. The van der Waals surface area contributed by atoms with Gasteiger partial charge in [-0.1, -0.05) is 22.9 Å². The number of carbonyl (C=O) groups excluding carboxylic acids is 1. The van der Waals surface area contributed by atoms with Gasteiger partial charge in [0.05, 0.1) is 28.4 Å². The number of aromatic nitrogens is 2. The second-order valence-electron chi connectivity index (χ2n) is 6.76. The third-order valence-electron chi connectivity index (χ3n) is 5.09. The van der Waals surface area contributed by atoms with Gasteiger partial charge >= 0.3 is 4.87 Å². The highest BCUT2D eigenvalue weighted by Crippen LogP contribution is 2.35. The molecule has 0 radical (unpaired) electrons. The van der Waals surface area contributed by atoms with E-state index in [2.05, 4.69) is 10.3 Å². The minimum atomic E-state index is -0.561. The van der Waals surface area contributed by atoms with E-state index in [1.807, 2.05) is 0 Å². The van der Waals surface area contributed by atoms with Crippen LogP contribution in [0.15, 0.2) is 38.9 Å². The maximum atomic E-state index is 14.7. The Balaban J connectivity index is 1.61. The number of benzene rings is 1. The number of anilines is 1. The van der Waals surface area contributed by atoms with Gasteiger partial charge < -0.3 is 4.52 Å². The number of nitrogens with zero attached hydrogens (tertiary/aromatic N) is 4. The highest BCUT2D eigenvalue weighted by atomic mass is 32.1. The molecule has 1 aliphatic carbocycles. The molecule has 3 aromatic rings. The van der Waals surface area contributed by atoms with Gasteiger partial charge in [-0.2, -0.15) is 10.1 Å². The molecule has 0 saturated heterocycles. The number of hydrogen-bond donors (Lipinski definition) is 0. The number of fused-ring (bicyclic) bond motifs is 2. The Bertz CT molecular complexity index is 1130. The summed E-state index contributed by atoms with van der Waals surface area (Å²) in [6.07, 6.45) is 4.94. The Morgan fingerprint density at radius 3 is 2.96 bits per heavy atom. The molecule has 7 nitrogen and oxygen atoms in total. The van der Waals surface area contributed by atoms with Gasteiger partial charge in [-0.15, -0.1) is 0 Å². The molecule has 27 heavy (non-hydrogen) atoms. The van der Waals surface area contributed by atoms with Crippen molar-refractivity contribution in [2.75, 3.05) is 5.01 Å². The van der Waals surface area contributed by atoms with Crippen molar-refractivity contribution in [2.45, 2.75) is 32.2 Å². The van der Waals surface area contributed by atoms with E-state index in [1.54, 1.807) is 6.07 Å². The molecule has 2 aliphatic rings. The maximum Gasteiger partial charge on any atom is 0.308 e. The zero-order valence-corrected chi connectivity index (χ0v) is 15.0. The van der Waals surface area contributed by atoms with Crippen LogP contribution in [0.2, 0.25) is 0 Å². The highest BCUT2D eigenvalue weighted by molar-refractivity contribution is 7.16. The molecule has 2 aromatic heterocycles. The first-order valence-corrected chi connectivity index (χ1v) is 9.57. The standard InChI is InChI=1S/C18H15FN4O3S/c19-12-7-16-15(22(18(25)27-16)9-10-5-6-26-21-10)8-14(12)23-17(24)11-3-1-2-4-13(11)20-23/h5-8,11H,1-4,9H2. The van der Waals surface area contributed by atoms with Gasteiger partial charge in [0.1, 0.15) is 17.6 Å². The Kier molecular flexibility index (Phi) is 3.71. The number of rotatable bonds is 3. The summed E-state index contributed by atoms with van der Waals surface area (Å²) in [6, 6.07) is 4.49. The van der Waals surface area contributed by atoms with Crippen molar-refractivity contribution in [3.05, 3.63) is 45.6 Å². The lowest BCUT2D eigenvalue weighted by Gasteiger charge is -2.17. The molecule has 1 fully saturated rings. The van der Waals surface area contributed by atoms with Crippen molar-refractivity contribution in [1.82, 2.24) is 9.72 Å². The van der Waals surface area contributed by atoms with E-state index in [0.717, 1.165) is 42.7 Å². The van der Waals surface area contributed by atoms with Crippen molar-refractivity contribution < 1.29 is 13.7 Å². The zero-order chi connectivity index (χ0) is 18.5. The molecule has 0 N–H and O–H groups in total. The molecule has 1 amide bonds. The summed E-state index contributed by atoms with van der Waals surface area (Å²) < 4.78 is 21.6. The molecule has 5 rings (SSSR count). The summed E-state index contributed by atoms with van der Waals surface area (Å²) in [5.41, 5.74) is 2.05. The number of amides is 1. The molecule has 1 saturated carbocycles. The summed E-state index contributed by atoms with van der Waals surface area (Å²) in [4.78, 5) is 24.9. The average Bonchev–Trinajstić information content (AvgIpc) is 3.35. The van der Waals surface area contributed by atoms with E-state index in [-0.39, 0.29) is 28.9 Å². The molecule has 1 atom stereocenters. The quantitative estimate of drug-likeness (QED) is 0.693. The van der Waals surface area contributed by atoms with Crippen LogP contribution in [0, 0.1) is 11.7 Å². The van der Waals surface area contributed by atoms with Gasteiger partial charge in [-0.05, 0) is 31.4 Å². The van der Waals surface area contributed by atoms with E-state index in [4.69, 9.17) is 4.52 Å². The topological polar surface area (TPSA) is 80.7 Å². The van der Waals surface area contributed by atoms with Crippen LogP contribution in [-0.2, 0) is 11.3 Å². The Hall–Kier alpha value is -2.81. The molecule has 0 spiro atoms. The van der Waals surface area contributed by atoms with Gasteiger partial charge in [-0.3, -0.25) is 14.2 Å². The second-order valence-corrected chi connectivity index (χ2v) is 7.75. The number of thiazole rings is 1. The van der Waals surface area contributed by atoms with Crippen molar-refractivity contribution >= 4 is 38.9 Å². The lowest BCUT2D eigenvalue weighted by Crippen LogP contribution is -2.29. The van der Waals surface area contributed by atoms with Crippen LogP contribution < -0.4 is 9.88 Å². The molecule has 1 aromatic carbocycles. The van der Waals surface area contributed by atoms with Crippen molar-refractivity contribution in [3.63, 3.8) is 0 Å². The third-order valence-corrected chi connectivity index (χ3v) is 6.03. The first-order chi connectivity index (χ1) is 13.1. The van der Waals surface area contributed by atoms with E-state index in [0.29, 0.717) is 15.9 Å². The Morgan fingerprint density at radius 2 is 2.19 bits per heavy atom. The van der Waals surface area contributed by atoms with Crippen LogP contribution in [0.1, 0.15) is 31.4 Å².